The average molecular weight is 413 g/mol. The van der Waals surface area contributed by atoms with Crippen LogP contribution in [-0.4, -0.2) is 17.1 Å². The van der Waals surface area contributed by atoms with Crippen molar-refractivity contribution in [1.82, 2.24) is 4.98 Å². The number of hydrogen-bond donors (Lipinski definition) is 2. The molecule has 0 radical (unpaired) electrons. The number of alkyl halides is 3. The Hall–Kier alpha value is -3.39. The first kappa shape index (κ1) is 18.9. The van der Waals surface area contributed by atoms with E-state index in [-0.39, 0.29) is 5.00 Å². The lowest BCUT2D eigenvalue weighted by Crippen LogP contribution is -2.29. The molecule has 2 N–H and O–H groups in total. The van der Waals surface area contributed by atoms with Gasteiger partial charge in [-0.1, -0.05) is 42.5 Å². The van der Waals surface area contributed by atoms with Gasteiger partial charge in [-0.25, -0.2) is 0 Å². The zero-order chi connectivity index (χ0) is 20.4. The lowest BCUT2D eigenvalue weighted by molar-refractivity contribution is -0.167. The Morgan fingerprint density at radius 3 is 2.31 bits per heavy atom. The minimum absolute atomic E-state index is 0.109. The summed E-state index contributed by atoms with van der Waals surface area (Å²) < 4.78 is 38.1. The summed E-state index contributed by atoms with van der Waals surface area (Å²) in [4.78, 5) is 15.3. The molecule has 146 valence electrons. The standard InChI is InChI=1S/C21H14F3N3OS/c22-21(23,24)20(28)27-19-10-16-17(11-25-12-18(16)29-19)26-15-8-6-14(7-9-15)13-4-2-1-3-5-13/h1-12,26H,(H,27,28). The molecule has 0 atom stereocenters. The highest BCUT2D eigenvalue weighted by Gasteiger charge is 2.38. The fourth-order valence-corrected chi connectivity index (χ4v) is 3.79. The van der Waals surface area contributed by atoms with Crippen LogP contribution in [0.1, 0.15) is 0 Å². The number of carbonyl (C=O) groups is 1. The number of benzene rings is 2. The van der Waals surface area contributed by atoms with E-state index < -0.39 is 12.1 Å². The summed E-state index contributed by atoms with van der Waals surface area (Å²) in [7, 11) is 0. The molecule has 0 saturated heterocycles. The highest BCUT2D eigenvalue weighted by atomic mass is 32.1. The smallest absolute Gasteiger partial charge is 0.354 e. The van der Waals surface area contributed by atoms with Crippen LogP contribution >= 0.6 is 11.3 Å². The van der Waals surface area contributed by atoms with Crippen LogP contribution in [-0.2, 0) is 4.79 Å². The predicted molar refractivity (Wildman–Crippen MR) is 109 cm³/mol. The zero-order valence-corrected chi connectivity index (χ0v) is 15.6. The van der Waals surface area contributed by atoms with Gasteiger partial charge in [0.2, 0.25) is 0 Å². The normalized spacial score (nSPS) is 11.4. The Balaban J connectivity index is 1.57. The van der Waals surface area contributed by atoms with Crippen molar-refractivity contribution in [2.45, 2.75) is 6.18 Å². The second-order valence-electron chi connectivity index (χ2n) is 6.23. The van der Waals surface area contributed by atoms with Crippen molar-refractivity contribution in [3.63, 3.8) is 0 Å². The minimum Gasteiger partial charge on any atom is -0.354 e. The lowest BCUT2D eigenvalue weighted by atomic mass is 10.1. The average Bonchev–Trinajstić information content (AvgIpc) is 3.12. The van der Waals surface area contributed by atoms with E-state index in [1.165, 1.54) is 6.07 Å². The first-order valence-corrected chi connectivity index (χ1v) is 9.40. The van der Waals surface area contributed by atoms with E-state index in [9.17, 15) is 18.0 Å². The molecule has 2 heterocycles. The van der Waals surface area contributed by atoms with Crippen LogP contribution in [0.5, 0.6) is 0 Å². The zero-order valence-electron chi connectivity index (χ0n) is 14.8. The maximum atomic E-state index is 12.5. The molecule has 0 spiro atoms. The number of carbonyl (C=O) groups excluding carboxylic acids is 1. The first-order valence-electron chi connectivity index (χ1n) is 8.58. The van der Waals surface area contributed by atoms with Gasteiger partial charge in [0.15, 0.2) is 0 Å². The Bertz CT molecular complexity index is 1160. The van der Waals surface area contributed by atoms with Gasteiger partial charge in [-0.3, -0.25) is 9.78 Å². The van der Waals surface area contributed by atoms with E-state index in [0.717, 1.165) is 28.2 Å². The molecular formula is C21H14F3N3OS. The number of pyridine rings is 1. The molecule has 0 fully saturated rings. The van der Waals surface area contributed by atoms with Crippen molar-refractivity contribution in [3.05, 3.63) is 73.1 Å². The molecule has 0 unspecified atom stereocenters. The summed E-state index contributed by atoms with van der Waals surface area (Å²) in [6.45, 7) is 0. The number of fused-ring (bicyclic) bond motifs is 1. The van der Waals surface area contributed by atoms with E-state index in [2.05, 4.69) is 10.3 Å². The molecule has 29 heavy (non-hydrogen) atoms. The van der Waals surface area contributed by atoms with E-state index in [4.69, 9.17) is 0 Å². The molecule has 2 aromatic heterocycles. The molecule has 0 bridgehead atoms. The Morgan fingerprint density at radius 2 is 1.62 bits per heavy atom. The van der Waals surface area contributed by atoms with Gasteiger partial charge in [0.25, 0.3) is 0 Å². The van der Waals surface area contributed by atoms with Gasteiger partial charge < -0.3 is 10.6 Å². The number of thiophene rings is 1. The molecule has 0 aliphatic heterocycles. The number of nitrogens with one attached hydrogen (secondary N) is 2. The topological polar surface area (TPSA) is 54.0 Å². The molecule has 4 nitrogen and oxygen atoms in total. The highest BCUT2D eigenvalue weighted by Crippen LogP contribution is 2.36. The van der Waals surface area contributed by atoms with E-state index in [0.29, 0.717) is 15.8 Å². The van der Waals surface area contributed by atoms with E-state index >= 15 is 0 Å². The second kappa shape index (κ2) is 7.56. The van der Waals surface area contributed by atoms with Gasteiger partial charge in [-0.05, 0) is 29.3 Å². The largest absolute Gasteiger partial charge is 0.471 e. The van der Waals surface area contributed by atoms with Gasteiger partial charge in [0.1, 0.15) is 0 Å². The van der Waals surface area contributed by atoms with Gasteiger partial charge in [0.05, 0.1) is 21.6 Å². The Morgan fingerprint density at radius 1 is 0.931 bits per heavy atom. The van der Waals surface area contributed by atoms with Gasteiger partial charge >= 0.3 is 12.1 Å². The van der Waals surface area contributed by atoms with Crippen LogP contribution in [0.25, 0.3) is 21.2 Å². The number of anilines is 3. The fraction of sp³-hybridized carbons (Fsp3) is 0.0476. The molecule has 1 amide bonds. The fourth-order valence-electron chi connectivity index (χ4n) is 2.84. The Labute approximate surface area is 168 Å². The molecule has 8 heteroatoms. The molecule has 4 aromatic rings. The third-order valence-electron chi connectivity index (χ3n) is 4.21. The number of halogens is 3. The van der Waals surface area contributed by atoms with Crippen LogP contribution in [0.3, 0.4) is 0 Å². The van der Waals surface area contributed by atoms with E-state index in [1.807, 2.05) is 59.9 Å². The highest BCUT2D eigenvalue weighted by molar-refractivity contribution is 7.23. The summed E-state index contributed by atoms with van der Waals surface area (Å²) in [6.07, 6.45) is -1.79. The number of hydrogen-bond acceptors (Lipinski definition) is 4. The summed E-state index contributed by atoms with van der Waals surface area (Å²) in [5, 5.41) is 5.90. The second-order valence-corrected chi connectivity index (χ2v) is 7.31. The van der Waals surface area contributed by atoms with Gasteiger partial charge in [0, 0.05) is 17.3 Å². The van der Waals surface area contributed by atoms with Crippen molar-refractivity contribution in [3.8, 4) is 11.1 Å². The summed E-state index contributed by atoms with van der Waals surface area (Å²) in [5.74, 6) is -2.00. The van der Waals surface area contributed by atoms with Crippen molar-refractivity contribution in [1.29, 1.82) is 0 Å². The minimum atomic E-state index is -4.93. The predicted octanol–water partition coefficient (Wildman–Crippen LogP) is 6.21. The van der Waals surface area contributed by atoms with Crippen LogP contribution in [0.15, 0.2) is 73.1 Å². The monoisotopic (exact) mass is 413 g/mol. The van der Waals surface area contributed by atoms with Gasteiger partial charge in [-0.15, -0.1) is 11.3 Å². The summed E-state index contributed by atoms with van der Waals surface area (Å²) >= 11 is 1.03. The summed E-state index contributed by atoms with van der Waals surface area (Å²) in [5.41, 5.74) is 3.62. The van der Waals surface area contributed by atoms with Crippen LogP contribution in [0, 0.1) is 0 Å². The van der Waals surface area contributed by atoms with Crippen molar-refractivity contribution < 1.29 is 18.0 Å². The van der Waals surface area contributed by atoms with Crippen LogP contribution in [0.2, 0.25) is 0 Å². The number of nitrogens with zero attached hydrogens (tertiary/aromatic N) is 1. The molecule has 0 saturated carbocycles. The van der Waals surface area contributed by atoms with Crippen molar-refractivity contribution >= 4 is 43.7 Å². The Kier molecular flexibility index (Phi) is 4.94. The molecule has 2 aromatic carbocycles. The van der Waals surface area contributed by atoms with Crippen LogP contribution < -0.4 is 10.6 Å². The maximum absolute atomic E-state index is 12.5. The molecule has 0 aliphatic carbocycles. The quantitative estimate of drug-likeness (QED) is 0.418. The SMILES string of the molecule is O=C(Nc1cc2c(Nc3ccc(-c4ccccc4)cc3)cncc2s1)C(F)(F)F. The third-order valence-corrected chi connectivity index (χ3v) is 5.20. The number of aromatic nitrogens is 1. The number of rotatable bonds is 4. The molecule has 4 rings (SSSR count). The van der Waals surface area contributed by atoms with Crippen LogP contribution in [0.4, 0.5) is 29.5 Å². The summed E-state index contributed by atoms with van der Waals surface area (Å²) in [6, 6.07) is 19.2. The molecular weight excluding hydrogens is 399 g/mol. The maximum Gasteiger partial charge on any atom is 0.471 e. The third kappa shape index (κ3) is 4.22. The van der Waals surface area contributed by atoms with E-state index in [1.54, 1.807) is 12.4 Å². The first-order chi connectivity index (χ1) is 13.9. The van der Waals surface area contributed by atoms with Crippen molar-refractivity contribution in [2.75, 3.05) is 10.6 Å². The lowest BCUT2D eigenvalue weighted by Gasteiger charge is -2.08. The number of amides is 1. The van der Waals surface area contributed by atoms with Crippen molar-refractivity contribution in [2.24, 2.45) is 0 Å². The molecule has 0 aliphatic rings. The van der Waals surface area contributed by atoms with Gasteiger partial charge in [-0.2, -0.15) is 13.2 Å².